The van der Waals surface area contributed by atoms with E-state index in [9.17, 15) is 19.5 Å². The fraction of sp³-hybridized carbons (Fsp3) is 0.387. The number of fused-ring (bicyclic) bond motifs is 2. The zero-order valence-corrected chi connectivity index (χ0v) is 23.5. The molecule has 1 unspecified atom stereocenters. The van der Waals surface area contributed by atoms with Gasteiger partial charge in [-0.1, -0.05) is 78.4 Å². The summed E-state index contributed by atoms with van der Waals surface area (Å²) >= 11 is 8.04. The summed E-state index contributed by atoms with van der Waals surface area (Å²) in [5.41, 5.74) is 1.27. The lowest BCUT2D eigenvalue weighted by Crippen LogP contribution is -2.54. The third-order valence-electron chi connectivity index (χ3n) is 8.38. The molecule has 0 aliphatic carbocycles. The molecule has 7 nitrogen and oxygen atoms in total. The Labute approximate surface area is 242 Å². The molecule has 0 radical (unpaired) electrons. The number of para-hydroxylation sites is 1. The molecule has 9 heteroatoms. The average Bonchev–Trinajstić information content (AvgIpc) is 3.35. The van der Waals surface area contributed by atoms with E-state index in [-0.39, 0.29) is 30.2 Å². The first-order chi connectivity index (χ1) is 19.5. The minimum atomic E-state index is -1.03. The minimum absolute atomic E-state index is 0.265. The maximum atomic E-state index is 14.7. The van der Waals surface area contributed by atoms with E-state index in [1.807, 2.05) is 54.6 Å². The van der Waals surface area contributed by atoms with Gasteiger partial charge in [-0.25, -0.2) is 0 Å². The Morgan fingerprint density at radius 3 is 2.58 bits per heavy atom. The zero-order valence-electron chi connectivity index (χ0n) is 21.9. The van der Waals surface area contributed by atoms with Crippen LogP contribution in [0.4, 0.5) is 5.69 Å². The number of cyclic esters (lactones) is 1. The second kappa shape index (κ2) is 11.1. The van der Waals surface area contributed by atoms with E-state index in [0.29, 0.717) is 22.9 Å². The van der Waals surface area contributed by atoms with Crippen LogP contribution in [0.1, 0.15) is 30.9 Å². The molecule has 208 valence electrons. The Morgan fingerprint density at radius 1 is 1.02 bits per heavy atom. The molecule has 4 aliphatic rings. The summed E-state index contributed by atoms with van der Waals surface area (Å²) in [6.07, 6.45) is 10.5. The fourth-order valence-electron chi connectivity index (χ4n) is 6.61. The van der Waals surface area contributed by atoms with Crippen LogP contribution in [0.2, 0.25) is 5.02 Å². The van der Waals surface area contributed by atoms with Crippen molar-refractivity contribution in [2.75, 3.05) is 24.7 Å². The highest BCUT2D eigenvalue weighted by molar-refractivity contribution is 8.02. The van der Waals surface area contributed by atoms with Crippen LogP contribution < -0.4 is 4.90 Å². The van der Waals surface area contributed by atoms with E-state index >= 15 is 0 Å². The van der Waals surface area contributed by atoms with Crippen LogP contribution in [0.5, 0.6) is 0 Å². The first kappa shape index (κ1) is 27.1. The number of esters is 1. The zero-order chi connectivity index (χ0) is 27.9. The molecular formula is C31H31ClN2O5S. The number of halogens is 1. The first-order valence-electron chi connectivity index (χ1n) is 13.7. The van der Waals surface area contributed by atoms with Gasteiger partial charge in [0.25, 0.3) is 5.91 Å². The summed E-state index contributed by atoms with van der Waals surface area (Å²) in [5.74, 6) is -2.61. The molecule has 0 bridgehead atoms. The molecule has 2 amide bonds. The third kappa shape index (κ3) is 4.37. The number of likely N-dealkylation sites (tertiary alicyclic amines) is 1. The summed E-state index contributed by atoms with van der Waals surface area (Å²) in [5, 5.41) is 10.8. The molecule has 0 saturated carbocycles. The second-order valence-electron chi connectivity index (χ2n) is 10.6. The number of thioether (sulfide) groups is 1. The predicted octanol–water partition coefficient (Wildman–Crippen LogP) is 4.56. The molecule has 4 heterocycles. The Morgan fingerprint density at radius 2 is 1.80 bits per heavy atom. The van der Waals surface area contributed by atoms with E-state index in [0.717, 1.165) is 19.3 Å². The van der Waals surface area contributed by atoms with Crippen molar-refractivity contribution in [3.05, 3.63) is 89.5 Å². The number of benzene rings is 2. The van der Waals surface area contributed by atoms with Gasteiger partial charge in [0.1, 0.15) is 6.04 Å². The van der Waals surface area contributed by atoms with Crippen molar-refractivity contribution >= 4 is 46.8 Å². The molecule has 6 atom stereocenters. The largest absolute Gasteiger partial charge is 0.465 e. The predicted molar refractivity (Wildman–Crippen MR) is 155 cm³/mol. The number of aliphatic hydroxyl groups excluding tert-OH is 1. The van der Waals surface area contributed by atoms with E-state index in [4.69, 9.17) is 16.3 Å². The Balaban J connectivity index is 1.52. The lowest BCUT2D eigenvalue weighted by atomic mass is 9.78. The van der Waals surface area contributed by atoms with Gasteiger partial charge >= 0.3 is 5.97 Å². The molecule has 0 aromatic heterocycles. The number of allylic oxidation sites excluding steroid dienone is 1. The van der Waals surface area contributed by atoms with Gasteiger partial charge in [0.05, 0.1) is 46.5 Å². The van der Waals surface area contributed by atoms with Crippen LogP contribution in [0, 0.1) is 11.8 Å². The van der Waals surface area contributed by atoms with Gasteiger partial charge in [0.15, 0.2) is 0 Å². The normalized spacial score (nSPS) is 31.6. The van der Waals surface area contributed by atoms with Gasteiger partial charge < -0.3 is 19.6 Å². The molecule has 40 heavy (non-hydrogen) atoms. The van der Waals surface area contributed by atoms with Crippen molar-refractivity contribution in [2.24, 2.45) is 11.8 Å². The molecule has 2 saturated heterocycles. The highest BCUT2D eigenvalue weighted by atomic mass is 35.5. The Hall–Kier alpha value is -3.07. The molecule has 4 aliphatic heterocycles. The van der Waals surface area contributed by atoms with Crippen molar-refractivity contribution in [1.29, 1.82) is 0 Å². The number of carbonyl (C=O) groups is 3. The van der Waals surface area contributed by atoms with Crippen LogP contribution in [-0.4, -0.2) is 63.6 Å². The van der Waals surface area contributed by atoms with Gasteiger partial charge in [0, 0.05) is 11.8 Å². The number of carbonyl (C=O) groups excluding carboxylic acids is 3. The summed E-state index contributed by atoms with van der Waals surface area (Å²) < 4.78 is 4.66. The highest BCUT2D eigenvalue weighted by Crippen LogP contribution is 2.62. The lowest BCUT2D eigenvalue weighted by Gasteiger charge is -2.38. The van der Waals surface area contributed by atoms with Crippen molar-refractivity contribution < 1.29 is 24.2 Å². The summed E-state index contributed by atoms with van der Waals surface area (Å²) in [4.78, 5) is 45.9. The SMILES string of the molecule is O=C1OCCCC/C=C\[C@@H]2S[C@]34C=CCN(c5ccccc5Cl)C(=O)C3N([C@H](CO)c3ccccc3)C(=O)[C@@H]4[C@H]12. The highest BCUT2D eigenvalue weighted by Gasteiger charge is 2.71. The topological polar surface area (TPSA) is 87.2 Å². The van der Waals surface area contributed by atoms with Gasteiger partial charge in [-0.15, -0.1) is 11.8 Å². The number of hydrogen-bond donors (Lipinski definition) is 1. The van der Waals surface area contributed by atoms with Crippen LogP contribution in [0.3, 0.4) is 0 Å². The molecular weight excluding hydrogens is 548 g/mol. The fourth-order valence-corrected chi connectivity index (χ4v) is 8.83. The smallest absolute Gasteiger partial charge is 0.311 e. The van der Waals surface area contributed by atoms with Crippen LogP contribution in [0.15, 0.2) is 78.9 Å². The molecule has 1 spiro atoms. The van der Waals surface area contributed by atoms with Crippen molar-refractivity contribution in [1.82, 2.24) is 4.90 Å². The maximum Gasteiger partial charge on any atom is 0.311 e. The molecule has 2 aromatic rings. The van der Waals surface area contributed by atoms with Gasteiger partial charge in [0.2, 0.25) is 5.91 Å². The summed E-state index contributed by atoms with van der Waals surface area (Å²) in [7, 11) is 0. The number of amides is 2. The van der Waals surface area contributed by atoms with Gasteiger partial charge in [-0.3, -0.25) is 14.4 Å². The monoisotopic (exact) mass is 578 g/mol. The molecule has 6 rings (SSSR count). The molecule has 1 N–H and O–H groups in total. The van der Waals surface area contributed by atoms with Crippen LogP contribution >= 0.6 is 23.4 Å². The van der Waals surface area contributed by atoms with Crippen LogP contribution in [-0.2, 0) is 19.1 Å². The maximum absolute atomic E-state index is 14.7. The van der Waals surface area contributed by atoms with E-state index < -0.39 is 34.6 Å². The number of aliphatic hydroxyl groups is 1. The van der Waals surface area contributed by atoms with Gasteiger partial charge in [-0.05, 0) is 37.0 Å². The number of hydrogen-bond acceptors (Lipinski definition) is 6. The van der Waals surface area contributed by atoms with Crippen molar-refractivity contribution in [2.45, 2.75) is 41.3 Å². The summed E-state index contributed by atoms with van der Waals surface area (Å²) in [6.45, 7) is 0.197. The van der Waals surface area contributed by atoms with E-state index in [1.54, 1.807) is 23.1 Å². The van der Waals surface area contributed by atoms with Crippen LogP contribution in [0.25, 0.3) is 0 Å². The Kier molecular flexibility index (Phi) is 7.50. The van der Waals surface area contributed by atoms with Gasteiger partial charge in [-0.2, -0.15) is 0 Å². The number of anilines is 1. The van der Waals surface area contributed by atoms with E-state index in [1.165, 1.54) is 16.7 Å². The minimum Gasteiger partial charge on any atom is -0.465 e. The molecule has 2 aromatic carbocycles. The Bertz CT molecular complexity index is 1370. The first-order valence-corrected chi connectivity index (χ1v) is 15.0. The number of ether oxygens (including phenoxy) is 1. The third-order valence-corrected chi connectivity index (χ3v) is 10.4. The van der Waals surface area contributed by atoms with E-state index in [2.05, 4.69) is 6.08 Å². The number of rotatable bonds is 4. The second-order valence-corrected chi connectivity index (χ2v) is 12.5. The molecule has 2 fully saturated rings. The summed E-state index contributed by atoms with van der Waals surface area (Å²) in [6, 6.07) is 14.6. The standard InChI is InChI=1S/C31H31ClN2O5S/c32-21-13-7-8-14-22(21)33-17-10-16-31-26(25-24(40-31)15-6-1-2-9-18-39-30(25)38)28(36)34(27(31)29(33)37)23(19-35)20-11-4-3-5-12-20/h3-8,10-16,23-27,35H,1-2,9,17-19H2/b15-6-/t23-,24+,25-,26+,27?,31+/m1/s1. The quantitative estimate of drug-likeness (QED) is 0.423. The van der Waals surface area contributed by atoms with Crippen molar-refractivity contribution in [3.63, 3.8) is 0 Å². The average molecular weight is 579 g/mol. The number of nitrogens with zero attached hydrogens (tertiary/aromatic N) is 2. The lowest BCUT2D eigenvalue weighted by molar-refractivity contribution is -0.153. The van der Waals surface area contributed by atoms with Crippen molar-refractivity contribution in [3.8, 4) is 0 Å².